The minimum atomic E-state index is -3.48. The molecule has 0 aromatic carbocycles. The van der Waals surface area contributed by atoms with E-state index in [4.69, 9.17) is 0 Å². The molecule has 1 aliphatic rings. The second-order valence-corrected chi connectivity index (χ2v) is 8.20. The fourth-order valence-corrected chi connectivity index (χ4v) is 4.65. The molecule has 7 heteroatoms. The first-order valence-corrected chi connectivity index (χ1v) is 9.61. The largest absolute Gasteiger partial charge is 0.313 e. The first-order valence-electron chi connectivity index (χ1n) is 7.38. The highest BCUT2D eigenvalue weighted by Gasteiger charge is 2.27. The smallest absolute Gasteiger partial charge is 0.244 e. The number of nitrogens with zero attached hydrogens (tertiary/aromatic N) is 2. The van der Waals surface area contributed by atoms with E-state index in [9.17, 15) is 8.42 Å². The minimum Gasteiger partial charge on any atom is -0.313 e. The van der Waals surface area contributed by atoms with Crippen molar-refractivity contribution in [1.82, 2.24) is 14.6 Å². The zero-order valence-corrected chi connectivity index (χ0v) is 14.7. The van der Waals surface area contributed by atoms with Crippen LogP contribution < -0.4 is 5.32 Å². The summed E-state index contributed by atoms with van der Waals surface area (Å²) in [5.41, 5.74) is 0. The zero-order valence-electron chi connectivity index (χ0n) is 12.3. The molecule has 0 aliphatic carbocycles. The molecule has 1 saturated heterocycles. The molecule has 1 aromatic heterocycles. The Morgan fingerprint density at radius 2 is 2.24 bits per heavy atom. The number of nitrogens with one attached hydrogen (secondary N) is 1. The molecule has 1 unspecified atom stereocenters. The van der Waals surface area contributed by atoms with Gasteiger partial charge in [0.25, 0.3) is 0 Å². The van der Waals surface area contributed by atoms with Gasteiger partial charge >= 0.3 is 0 Å². The molecule has 21 heavy (non-hydrogen) atoms. The highest BCUT2D eigenvalue weighted by atomic mass is 79.9. The van der Waals surface area contributed by atoms with E-state index >= 15 is 0 Å². The van der Waals surface area contributed by atoms with E-state index in [0.717, 1.165) is 25.8 Å². The maximum atomic E-state index is 12.8. The van der Waals surface area contributed by atoms with Crippen molar-refractivity contribution in [2.75, 3.05) is 19.6 Å². The quantitative estimate of drug-likeness (QED) is 0.828. The van der Waals surface area contributed by atoms with Crippen molar-refractivity contribution in [2.45, 2.75) is 43.5 Å². The van der Waals surface area contributed by atoms with E-state index in [-0.39, 0.29) is 10.9 Å². The van der Waals surface area contributed by atoms with Crippen LogP contribution in [0.2, 0.25) is 0 Å². The van der Waals surface area contributed by atoms with Crippen LogP contribution in [-0.2, 0) is 10.0 Å². The molecule has 5 nitrogen and oxygen atoms in total. The van der Waals surface area contributed by atoms with Crippen molar-refractivity contribution in [3.63, 3.8) is 0 Å². The first kappa shape index (κ1) is 16.9. The maximum Gasteiger partial charge on any atom is 0.244 e. The van der Waals surface area contributed by atoms with Crippen molar-refractivity contribution >= 4 is 26.0 Å². The summed E-state index contributed by atoms with van der Waals surface area (Å²) in [4.78, 5) is 4.22. The summed E-state index contributed by atoms with van der Waals surface area (Å²) in [7, 11) is -3.48. The van der Waals surface area contributed by atoms with Gasteiger partial charge in [0.1, 0.15) is 4.90 Å². The summed E-state index contributed by atoms with van der Waals surface area (Å²) in [5, 5.41) is 3.41. The number of sulfonamides is 1. The molecule has 1 aromatic rings. The number of rotatable bonds is 6. The van der Waals surface area contributed by atoms with Crippen LogP contribution in [0.5, 0.6) is 0 Å². The number of hydrogen-bond donors (Lipinski definition) is 1. The third-order valence-electron chi connectivity index (χ3n) is 3.63. The second kappa shape index (κ2) is 7.67. The Morgan fingerprint density at radius 1 is 1.43 bits per heavy atom. The van der Waals surface area contributed by atoms with Gasteiger partial charge in [-0.25, -0.2) is 8.42 Å². The van der Waals surface area contributed by atoms with Crippen LogP contribution in [0.3, 0.4) is 0 Å². The van der Waals surface area contributed by atoms with Crippen LogP contribution in [0.1, 0.15) is 32.6 Å². The van der Waals surface area contributed by atoms with Gasteiger partial charge in [0, 0.05) is 36.0 Å². The van der Waals surface area contributed by atoms with Gasteiger partial charge in [-0.2, -0.15) is 4.31 Å². The van der Waals surface area contributed by atoms with Gasteiger partial charge in [-0.1, -0.05) is 13.3 Å². The molecule has 0 amide bonds. The van der Waals surface area contributed by atoms with E-state index in [1.54, 1.807) is 16.6 Å². The molecule has 1 N–H and O–H groups in total. The van der Waals surface area contributed by atoms with Crippen LogP contribution in [0, 0.1) is 0 Å². The summed E-state index contributed by atoms with van der Waals surface area (Å²) >= 11 is 3.28. The Hall–Kier alpha value is -0.500. The first-order chi connectivity index (χ1) is 10.0. The zero-order chi connectivity index (χ0) is 15.3. The van der Waals surface area contributed by atoms with Crippen molar-refractivity contribution < 1.29 is 8.42 Å². The molecule has 1 fully saturated rings. The van der Waals surface area contributed by atoms with Crippen LogP contribution in [0.4, 0.5) is 0 Å². The summed E-state index contributed by atoms with van der Waals surface area (Å²) in [6.45, 7) is 4.04. The van der Waals surface area contributed by atoms with E-state index < -0.39 is 10.0 Å². The van der Waals surface area contributed by atoms with Gasteiger partial charge in [-0.05, 0) is 47.8 Å². The molecule has 1 aliphatic heterocycles. The molecule has 1 atom stereocenters. The topological polar surface area (TPSA) is 62.3 Å². The fraction of sp³-hybridized carbons (Fsp3) is 0.643. The highest BCUT2D eigenvalue weighted by molar-refractivity contribution is 9.10. The predicted octanol–water partition coefficient (Wildman–Crippen LogP) is 2.39. The molecule has 0 saturated carbocycles. The molecular weight excluding hydrogens is 354 g/mol. The number of halogens is 1. The third-order valence-corrected chi connectivity index (χ3v) is 5.89. The summed E-state index contributed by atoms with van der Waals surface area (Å²) in [6, 6.07) is 1.86. The molecule has 0 radical (unpaired) electrons. The molecule has 2 heterocycles. The Kier molecular flexibility index (Phi) is 6.16. The monoisotopic (exact) mass is 375 g/mol. The SMILES string of the molecule is CCCN(CC1CCCCN1)S(=O)(=O)c1cncc(Br)c1. The van der Waals surface area contributed by atoms with Crippen molar-refractivity contribution in [1.29, 1.82) is 0 Å². The second-order valence-electron chi connectivity index (χ2n) is 5.35. The van der Waals surface area contributed by atoms with E-state index in [1.807, 2.05) is 6.92 Å². The summed E-state index contributed by atoms with van der Waals surface area (Å²) in [5.74, 6) is 0. The lowest BCUT2D eigenvalue weighted by atomic mass is 10.1. The van der Waals surface area contributed by atoms with Gasteiger partial charge in [0.2, 0.25) is 10.0 Å². The predicted molar refractivity (Wildman–Crippen MR) is 86.6 cm³/mol. The van der Waals surface area contributed by atoms with Crippen molar-refractivity contribution in [3.05, 3.63) is 22.9 Å². The van der Waals surface area contributed by atoms with Crippen LogP contribution >= 0.6 is 15.9 Å². The lowest BCUT2D eigenvalue weighted by Crippen LogP contribution is -2.46. The van der Waals surface area contributed by atoms with Crippen molar-refractivity contribution in [3.8, 4) is 0 Å². The lowest BCUT2D eigenvalue weighted by molar-refractivity contribution is 0.312. The molecule has 0 bridgehead atoms. The molecular formula is C14H22BrN3O2S. The summed E-state index contributed by atoms with van der Waals surface area (Å²) in [6.07, 6.45) is 7.17. The number of aromatic nitrogens is 1. The average molecular weight is 376 g/mol. The van der Waals surface area contributed by atoms with E-state index in [2.05, 4.69) is 26.2 Å². The number of piperidine rings is 1. The molecule has 2 rings (SSSR count). The minimum absolute atomic E-state index is 0.250. The maximum absolute atomic E-state index is 12.8. The van der Waals surface area contributed by atoms with E-state index in [0.29, 0.717) is 17.6 Å². The van der Waals surface area contributed by atoms with Gasteiger partial charge in [-0.15, -0.1) is 0 Å². The average Bonchev–Trinajstić information content (AvgIpc) is 2.48. The van der Waals surface area contributed by atoms with Gasteiger partial charge in [0.15, 0.2) is 0 Å². The summed E-state index contributed by atoms with van der Waals surface area (Å²) < 4.78 is 27.8. The standard InChI is InChI=1S/C14H22BrN3O2S/c1-2-7-18(11-13-5-3-4-6-17-13)21(19,20)14-8-12(15)9-16-10-14/h8-10,13,17H,2-7,11H2,1H3. The highest BCUT2D eigenvalue weighted by Crippen LogP contribution is 2.20. The Labute approximate surface area is 135 Å². The van der Waals surface area contributed by atoms with Crippen LogP contribution in [0.15, 0.2) is 27.8 Å². The van der Waals surface area contributed by atoms with Gasteiger partial charge in [-0.3, -0.25) is 4.98 Å². The van der Waals surface area contributed by atoms with Gasteiger partial charge < -0.3 is 5.32 Å². The van der Waals surface area contributed by atoms with Gasteiger partial charge in [0.05, 0.1) is 0 Å². The Balaban J connectivity index is 2.19. The van der Waals surface area contributed by atoms with Crippen LogP contribution in [0.25, 0.3) is 0 Å². The number of hydrogen-bond acceptors (Lipinski definition) is 4. The Bertz CT molecular complexity index is 559. The fourth-order valence-electron chi connectivity index (χ4n) is 2.57. The van der Waals surface area contributed by atoms with Crippen LogP contribution in [-0.4, -0.2) is 43.4 Å². The third kappa shape index (κ3) is 4.48. The lowest BCUT2D eigenvalue weighted by Gasteiger charge is -2.29. The molecule has 118 valence electrons. The number of pyridine rings is 1. The van der Waals surface area contributed by atoms with Crippen molar-refractivity contribution in [2.24, 2.45) is 0 Å². The van der Waals surface area contributed by atoms with E-state index in [1.165, 1.54) is 12.6 Å². The molecule has 0 spiro atoms. The normalized spacial score (nSPS) is 19.9. The Morgan fingerprint density at radius 3 is 2.86 bits per heavy atom.